The maximum Gasteiger partial charge on any atom is 0.457 e. The van der Waals surface area contributed by atoms with E-state index in [0.29, 0.717) is 0 Å². The zero-order valence-electron chi connectivity index (χ0n) is 10.6. The van der Waals surface area contributed by atoms with E-state index in [1.807, 2.05) is 6.92 Å². The lowest BCUT2D eigenvalue weighted by Gasteiger charge is -2.28. The Labute approximate surface area is 95.2 Å². The lowest BCUT2D eigenvalue weighted by molar-refractivity contribution is 0.311. The molecule has 3 heteroatoms. The van der Waals surface area contributed by atoms with Crippen molar-refractivity contribution in [2.24, 2.45) is 0 Å². The second-order valence-electron chi connectivity index (χ2n) is 4.94. The molecular weight excluding hydrogens is 187 g/mol. The summed E-state index contributed by atoms with van der Waals surface area (Å²) in [6.07, 6.45) is 8.88. The zero-order valence-corrected chi connectivity index (χ0v) is 10.6. The van der Waals surface area contributed by atoms with E-state index in [1.165, 1.54) is 19.3 Å². The molecule has 0 saturated carbocycles. The second-order valence-corrected chi connectivity index (χ2v) is 4.94. The number of hydrogen-bond donors (Lipinski definition) is 2. The van der Waals surface area contributed by atoms with Gasteiger partial charge in [-0.3, -0.25) is 0 Å². The average Bonchev–Trinajstić information content (AvgIpc) is 2.21. The fraction of sp³-hybridized carbons (Fsp3) is 1.00. The molecule has 2 nitrogen and oxygen atoms in total. The Morgan fingerprint density at radius 2 is 1.40 bits per heavy atom. The summed E-state index contributed by atoms with van der Waals surface area (Å²) in [6, 6.07) is 0. The summed E-state index contributed by atoms with van der Waals surface area (Å²) in [5, 5.41) is 18.5. The molecule has 0 radical (unpaired) electrons. The van der Waals surface area contributed by atoms with E-state index in [4.69, 9.17) is 0 Å². The van der Waals surface area contributed by atoms with Crippen molar-refractivity contribution in [2.75, 3.05) is 0 Å². The Kier molecular flexibility index (Phi) is 8.17. The second kappa shape index (κ2) is 8.17. The van der Waals surface area contributed by atoms with Crippen molar-refractivity contribution in [3.63, 3.8) is 0 Å². The highest BCUT2D eigenvalue weighted by atomic mass is 16.4. The Bertz CT molecular complexity index is 151. The van der Waals surface area contributed by atoms with Crippen LogP contribution in [0.25, 0.3) is 0 Å². The van der Waals surface area contributed by atoms with Crippen molar-refractivity contribution >= 4 is 7.12 Å². The van der Waals surface area contributed by atoms with Crippen LogP contribution >= 0.6 is 0 Å². The number of rotatable bonds is 9. The van der Waals surface area contributed by atoms with Crippen molar-refractivity contribution in [2.45, 2.75) is 77.5 Å². The predicted octanol–water partition coefficient (Wildman–Crippen LogP) is 3.38. The molecule has 0 aliphatic rings. The third-order valence-electron chi connectivity index (χ3n) is 3.33. The SMILES string of the molecule is CCCCCCC(C)(CCCC)B(O)O. The molecule has 0 fully saturated rings. The molecule has 0 aromatic rings. The van der Waals surface area contributed by atoms with Crippen LogP contribution in [0.5, 0.6) is 0 Å². The maximum atomic E-state index is 9.41. The molecule has 0 rings (SSSR count). The predicted molar refractivity (Wildman–Crippen MR) is 66.8 cm³/mol. The minimum atomic E-state index is -1.16. The van der Waals surface area contributed by atoms with Gasteiger partial charge in [-0.25, -0.2) is 0 Å². The molecule has 0 aromatic heterocycles. The van der Waals surface area contributed by atoms with Gasteiger partial charge in [0.05, 0.1) is 0 Å². The highest BCUT2D eigenvalue weighted by Gasteiger charge is 2.35. The van der Waals surface area contributed by atoms with Crippen LogP contribution in [0.4, 0.5) is 0 Å². The molecule has 90 valence electrons. The molecule has 0 aromatic carbocycles. The standard InChI is InChI=1S/C12H27BO2/c1-4-6-8-9-11-12(3,13(14)15)10-7-5-2/h14-15H,4-11H2,1-3H3. The summed E-state index contributed by atoms with van der Waals surface area (Å²) in [5.41, 5.74) is 0. The zero-order chi connectivity index (χ0) is 11.7. The highest BCUT2D eigenvalue weighted by molar-refractivity contribution is 6.45. The summed E-state index contributed by atoms with van der Waals surface area (Å²) >= 11 is 0. The van der Waals surface area contributed by atoms with Crippen molar-refractivity contribution in [1.82, 2.24) is 0 Å². The van der Waals surface area contributed by atoms with E-state index in [9.17, 15) is 10.0 Å². The first-order valence-electron chi connectivity index (χ1n) is 6.43. The normalized spacial score (nSPS) is 15.0. The fourth-order valence-corrected chi connectivity index (χ4v) is 1.92. The molecular formula is C12H27BO2. The van der Waals surface area contributed by atoms with Gasteiger partial charge in [-0.15, -0.1) is 0 Å². The largest absolute Gasteiger partial charge is 0.457 e. The molecule has 0 amide bonds. The minimum Gasteiger partial charge on any atom is -0.427 e. The quantitative estimate of drug-likeness (QED) is 0.456. The third-order valence-corrected chi connectivity index (χ3v) is 3.33. The molecule has 15 heavy (non-hydrogen) atoms. The molecule has 2 N–H and O–H groups in total. The minimum absolute atomic E-state index is 0.288. The van der Waals surface area contributed by atoms with E-state index in [0.717, 1.165) is 32.1 Å². The van der Waals surface area contributed by atoms with Crippen molar-refractivity contribution < 1.29 is 10.0 Å². The van der Waals surface area contributed by atoms with E-state index in [1.54, 1.807) is 0 Å². The van der Waals surface area contributed by atoms with Gasteiger partial charge in [0.2, 0.25) is 0 Å². The first-order chi connectivity index (χ1) is 7.06. The average molecular weight is 214 g/mol. The smallest absolute Gasteiger partial charge is 0.427 e. The summed E-state index contributed by atoms with van der Waals surface area (Å²) in [5.74, 6) is 0. The Balaban J connectivity index is 3.90. The summed E-state index contributed by atoms with van der Waals surface area (Å²) in [4.78, 5) is 0. The van der Waals surface area contributed by atoms with Gasteiger partial charge in [-0.05, 0) is 12.8 Å². The molecule has 0 aliphatic carbocycles. The summed E-state index contributed by atoms with van der Waals surface area (Å²) in [6.45, 7) is 6.33. The van der Waals surface area contributed by atoms with E-state index >= 15 is 0 Å². The Morgan fingerprint density at radius 3 is 1.87 bits per heavy atom. The Hall–Kier alpha value is -0.0151. The third kappa shape index (κ3) is 6.21. The van der Waals surface area contributed by atoms with Crippen molar-refractivity contribution in [3.05, 3.63) is 0 Å². The van der Waals surface area contributed by atoms with Crippen LogP contribution < -0.4 is 0 Å². The lowest BCUT2D eigenvalue weighted by atomic mass is 9.54. The Morgan fingerprint density at radius 1 is 0.867 bits per heavy atom. The highest BCUT2D eigenvalue weighted by Crippen LogP contribution is 2.39. The number of hydrogen-bond acceptors (Lipinski definition) is 2. The molecule has 1 atom stereocenters. The van der Waals surface area contributed by atoms with Crippen LogP contribution in [-0.4, -0.2) is 17.2 Å². The molecule has 0 heterocycles. The summed E-state index contributed by atoms with van der Waals surface area (Å²) in [7, 11) is -1.16. The lowest BCUT2D eigenvalue weighted by Crippen LogP contribution is -2.30. The van der Waals surface area contributed by atoms with Gasteiger partial charge < -0.3 is 10.0 Å². The molecule has 1 unspecified atom stereocenters. The molecule has 0 aliphatic heterocycles. The van der Waals surface area contributed by atoms with Crippen molar-refractivity contribution in [3.8, 4) is 0 Å². The molecule has 0 spiro atoms. The van der Waals surface area contributed by atoms with Gasteiger partial charge in [-0.1, -0.05) is 59.3 Å². The van der Waals surface area contributed by atoms with Gasteiger partial charge in [0.25, 0.3) is 0 Å². The van der Waals surface area contributed by atoms with Crippen LogP contribution in [0.15, 0.2) is 0 Å². The van der Waals surface area contributed by atoms with E-state index < -0.39 is 7.12 Å². The van der Waals surface area contributed by atoms with Crippen molar-refractivity contribution in [1.29, 1.82) is 0 Å². The number of unbranched alkanes of at least 4 members (excludes halogenated alkanes) is 4. The molecule has 0 bridgehead atoms. The molecule has 0 saturated heterocycles. The first-order valence-corrected chi connectivity index (χ1v) is 6.43. The van der Waals surface area contributed by atoms with Crippen LogP contribution in [-0.2, 0) is 0 Å². The van der Waals surface area contributed by atoms with Crippen LogP contribution in [0, 0.1) is 0 Å². The van der Waals surface area contributed by atoms with Gasteiger partial charge in [0.1, 0.15) is 0 Å². The van der Waals surface area contributed by atoms with Crippen LogP contribution in [0.2, 0.25) is 5.31 Å². The topological polar surface area (TPSA) is 40.5 Å². The van der Waals surface area contributed by atoms with E-state index in [2.05, 4.69) is 13.8 Å². The van der Waals surface area contributed by atoms with Gasteiger partial charge in [0.15, 0.2) is 0 Å². The first kappa shape index (κ1) is 15.0. The van der Waals surface area contributed by atoms with Gasteiger partial charge in [-0.2, -0.15) is 0 Å². The van der Waals surface area contributed by atoms with Crippen LogP contribution in [0.1, 0.15) is 72.1 Å². The maximum absolute atomic E-state index is 9.41. The monoisotopic (exact) mass is 214 g/mol. The summed E-state index contributed by atoms with van der Waals surface area (Å²) < 4.78 is 0. The fourth-order valence-electron chi connectivity index (χ4n) is 1.92. The van der Waals surface area contributed by atoms with Gasteiger partial charge in [0, 0.05) is 5.31 Å². The van der Waals surface area contributed by atoms with Gasteiger partial charge >= 0.3 is 7.12 Å². The van der Waals surface area contributed by atoms with E-state index in [-0.39, 0.29) is 5.31 Å². The van der Waals surface area contributed by atoms with Crippen LogP contribution in [0.3, 0.4) is 0 Å².